The van der Waals surface area contributed by atoms with Gasteiger partial charge in [0, 0.05) is 0 Å². The Hall–Kier alpha value is -0.780. The van der Waals surface area contributed by atoms with Crippen LogP contribution < -0.4 is 0 Å². The van der Waals surface area contributed by atoms with Gasteiger partial charge in [-0.15, -0.1) is 0 Å². The minimum absolute atomic E-state index is 1.35. The van der Waals surface area contributed by atoms with Crippen LogP contribution in [0.3, 0.4) is 0 Å². The van der Waals surface area contributed by atoms with Crippen molar-refractivity contribution in [3.63, 3.8) is 0 Å². The van der Waals surface area contributed by atoms with Crippen LogP contribution in [0.5, 0.6) is 0 Å². The Morgan fingerprint density at radius 1 is 1.00 bits per heavy atom. The monoisotopic (exact) mass is 150 g/mol. The maximum atomic E-state index is 2.16. The molecule has 0 atom stereocenters. The van der Waals surface area contributed by atoms with Crippen molar-refractivity contribution in [2.45, 2.75) is 34.6 Å². The third-order valence-corrected chi connectivity index (χ3v) is 1.73. The molecule has 0 aliphatic carbocycles. The molecule has 0 heterocycles. The van der Waals surface area contributed by atoms with E-state index in [0.29, 0.717) is 0 Å². The molecule has 0 unspecified atom stereocenters. The van der Waals surface area contributed by atoms with E-state index in [0.717, 1.165) is 0 Å². The van der Waals surface area contributed by atoms with Gasteiger partial charge >= 0.3 is 0 Å². The van der Waals surface area contributed by atoms with Gasteiger partial charge in [-0.3, -0.25) is 0 Å². The highest BCUT2D eigenvalue weighted by Gasteiger charge is 1.95. The average Bonchev–Trinajstić information content (AvgIpc) is 1.98. The van der Waals surface area contributed by atoms with Crippen LogP contribution in [0.2, 0.25) is 0 Å². The molecule has 0 aromatic rings. The van der Waals surface area contributed by atoms with E-state index >= 15 is 0 Å². The number of hydrogen-bond donors (Lipinski definition) is 0. The molecule has 0 aromatic carbocycles. The van der Waals surface area contributed by atoms with Crippen LogP contribution in [0.1, 0.15) is 34.6 Å². The topological polar surface area (TPSA) is 0 Å². The van der Waals surface area contributed by atoms with Gasteiger partial charge in [0.2, 0.25) is 0 Å². The predicted octanol–water partition coefficient (Wildman–Crippen LogP) is 3.87. The zero-order chi connectivity index (χ0) is 8.85. The number of hydrogen-bond acceptors (Lipinski definition) is 0. The molecule has 11 heavy (non-hydrogen) atoms. The highest BCUT2D eigenvalue weighted by molar-refractivity contribution is 5.40. The molecule has 0 bridgehead atoms. The Bertz CT molecular complexity index is 198. The fourth-order valence-electron chi connectivity index (χ4n) is 1.01. The second kappa shape index (κ2) is 4.95. The zero-order valence-electron chi connectivity index (χ0n) is 8.23. The molecule has 0 N–H and O–H groups in total. The van der Waals surface area contributed by atoms with Gasteiger partial charge in [-0.25, -0.2) is 0 Å². The molecular weight excluding hydrogens is 132 g/mol. The van der Waals surface area contributed by atoms with Gasteiger partial charge in [0.1, 0.15) is 0 Å². The molecule has 0 saturated carbocycles. The van der Waals surface area contributed by atoms with Crippen LogP contribution in [0.4, 0.5) is 0 Å². The molecule has 0 aromatic heterocycles. The van der Waals surface area contributed by atoms with Gasteiger partial charge < -0.3 is 0 Å². The molecule has 0 spiro atoms. The molecular formula is C11H18. The van der Waals surface area contributed by atoms with Crippen molar-refractivity contribution in [1.29, 1.82) is 0 Å². The smallest absolute Gasteiger partial charge is 0.0247 e. The lowest BCUT2D eigenvalue weighted by atomic mass is 10.0. The first-order chi connectivity index (χ1) is 5.13. The van der Waals surface area contributed by atoms with Crippen molar-refractivity contribution in [2.24, 2.45) is 0 Å². The lowest BCUT2D eigenvalue weighted by molar-refractivity contribution is 1.27. The lowest BCUT2D eigenvalue weighted by Gasteiger charge is -2.03. The summed E-state index contributed by atoms with van der Waals surface area (Å²) in [5.41, 5.74) is 4.08. The maximum Gasteiger partial charge on any atom is -0.0247 e. The molecule has 0 saturated heterocycles. The molecule has 0 aliphatic heterocycles. The molecule has 0 rings (SSSR count). The summed E-state index contributed by atoms with van der Waals surface area (Å²) in [6.07, 6.45) is 6.38. The Balaban J connectivity index is 4.79. The van der Waals surface area contributed by atoms with E-state index in [9.17, 15) is 0 Å². The average molecular weight is 150 g/mol. The van der Waals surface area contributed by atoms with Crippen LogP contribution in [0, 0.1) is 0 Å². The summed E-state index contributed by atoms with van der Waals surface area (Å²) in [7, 11) is 0. The standard InChI is InChI=1S/C11H18/c1-6-8-11(9(3)4)10(5)7-2/h6-8H,1-5H3/b8-6-,10-7+. The summed E-state index contributed by atoms with van der Waals surface area (Å²) in [5, 5.41) is 0. The van der Waals surface area contributed by atoms with E-state index in [1.165, 1.54) is 16.7 Å². The second-order valence-electron chi connectivity index (χ2n) is 2.89. The van der Waals surface area contributed by atoms with E-state index in [-0.39, 0.29) is 0 Å². The minimum Gasteiger partial charge on any atom is -0.0871 e. The van der Waals surface area contributed by atoms with Gasteiger partial charge in [-0.2, -0.15) is 0 Å². The van der Waals surface area contributed by atoms with E-state index in [2.05, 4.69) is 45.9 Å². The zero-order valence-corrected chi connectivity index (χ0v) is 8.23. The Morgan fingerprint density at radius 3 is 1.82 bits per heavy atom. The summed E-state index contributed by atoms with van der Waals surface area (Å²) in [5.74, 6) is 0. The lowest BCUT2D eigenvalue weighted by Crippen LogP contribution is -1.83. The van der Waals surface area contributed by atoms with Crippen molar-refractivity contribution in [3.8, 4) is 0 Å². The Labute approximate surface area is 70.3 Å². The molecule has 0 amide bonds. The summed E-state index contributed by atoms with van der Waals surface area (Å²) in [6.45, 7) is 10.5. The highest BCUT2D eigenvalue weighted by atomic mass is 14.0. The van der Waals surface area contributed by atoms with Gasteiger partial charge in [0.05, 0.1) is 0 Å². The first-order valence-corrected chi connectivity index (χ1v) is 4.07. The Morgan fingerprint density at radius 2 is 1.55 bits per heavy atom. The third-order valence-electron chi connectivity index (χ3n) is 1.73. The summed E-state index contributed by atoms with van der Waals surface area (Å²) < 4.78 is 0. The van der Waals surface area contributed by atoms with E-state index in [1.54, 1.807) is 0 Å². The highest BCUT2D eigenvalue weighted by Crippen LogP contribution is 2.15. The molecule has 62 valence electrons. The van der Waals surface area contributed by atoms with Crippen LogP contribution in [0.25, 0.3) is 0 Å². The normalized spacial score (nSPS) is 12.3. The van der Waals surface area contributed by atoms with Crippen LogP contribution >= 0.6 is 0 Å². The van der Waals surface area contributed by atoms with Crippen molar-refractivity contribution in [3.05, 3.63) is 34.9 Å². The quantitative estimate of drug-likeness (QED) is 0.524. The first kappa shape index (κ1) is 10.2. The van der Waals surface area contributed by atoms with Crippen LogP contribution in [-0.2, 0) is 0 Å². The van der Waals surface area contributed by atoms with Gasteiger partial charge in [-0.05, 0) is 45.8 Å². The SMILES string of the molecule is C/C=C\C(=C(C)C)/C(C)=C/C. The van der Waals surface area contributed by atoms with E-state index < -0.39 is 0 Å². The summed E-state index contributed by atoms with van der Waals surface area (Å²) in [6, 6.07) is 0. The van der Waals surface area contributed by atoms with E-state index in [1.807, 2.05) is 6.92 Å². The fraction of sp³-hybridized carbons (Fsp3) is 0.455. The maximum absolute atomic E-state index is 2.16. The van der Waals surface area contributed by atoms with Gasteiger partial charge in [0.15, 0.2) is 0 Å². The third kappa shape index (κ3) is 3.22. The fourth-order valence-corrected chi connectivity index (χ4v) is 1.01. The van der Waals surface area contributed by atoms with Crippen molar-refractivity contribution in [1.82, 2.24) is 0 Å². The van der Waals surface area contributed by atoms with Gasteiger partial charge in [0.25, 0.3) is 0 Å². The predicted molar refractivity (Wildman–Crippen MR) is 52.6 cm³/mol. The molecule has 0 nitrogen and oxygen atoms in total. The Kier molecular flexibility index (Phi) is 4.60. The van der Waals surface area contributed by atoms with Crippen molar-refractivity contribution >= 4 is 0 Å². The largest absolute Gasteiger partial charge is 0.0871 e. The second-order valence-corrected chi connectivity index (χ2v) is 2.89. The van der Waals surface area contributed by atoms with Crippen molar-refractivity contribution < 1.29 is 0 Å². The first-order valence-electron chi connectivity index (χ1n) is 4.07. The molecule has 0 fully saturated rings. The molecule has 0 radical (unpaired) electrons. The van der Waals surface area contributed by atoms with Crippen molar-refractivity contribution in [2.75, 3.05) is 0 Å². The summed E-state index contributed by atoms with van der Waals surface area (Å²) >= 11 is 0. The molecule has 0 aliphatic rings. The van der Waals surface area contributed by atoms with Gasteiger partial charge in [-0.1, -0.05) is 23.8 Å². The summed E-state index contributed by atoms with van der Waals surface area (Å²) in [4.78, 5) is 0. The van der Waals surface area contributed by atoms with Crippen LogP contribution in [-0.4, -0.2) is 0 Å². The number of rotatable bonds is 2. The van der Waals surface area contributed by atoms with Crippen LogP contribution in [0.15, 0.2) is 34.9 Å². The van der Waals surface area contributed by atoms with E-state index in [4.69, 9.17) is 0 Å². The number of allylic oxidation sites excluding steroid dienone is 6. The minimum atomic E-state index is 1.35. The molecule has 0 heteroatoms.